The molecule has 0 unspecified atom stereocenters. The van der Waals surface area contributed by atoms with Gasteiger partial charge < -0.3 is 9.73 Å². The van der Waals surface area contributed by atoms with E-state index in [1.807, 2.05) is 13.8 Å². The van der Waals surface area contributed by atoms with Gasteiger partial charge in [0.1, 0.15) is 0 Å². The van der Waals surface area contributed by atoms with Gasteiger partial charge in [-0.05, 0) is 25.5 Å². The molecule has 2 aromatic rings. The molecule has 9 heteroatoms. The minimum atomic E-state index is -0.508. The van der Waals surface area contributed by atoms with Gasteiger partial charge in [0.25, 0.3) is 5.22 Å². The van der Waals surface area contributed by atoms with Gasteiger partial charge in [-0.3, -0.25) is 15.1 Å². The Labute approximate surface area is 137 Å². The number of hydrogen-bond acceptors (Lipinski definition) is 7. The minimum Gasteiger partial charge on any atom is -0.411 e. The van der Waals surface area contributed by atoms with Crippen LogP contribution in [0, 0.1) is 0 Å². The summed E-state index contributed by atoms with van der Waals surface area (Å²) in [5.41, 5.74) is 0.698. The van der Waals surface area contributed by atoms with E-state index in [0.29, 0.717) is 11.5 Å². The van der Waals surface area contributed by atoms with E-state index in [0.717, 1.165) is 18.2 Å². The molecule has 23 heavy (non-hydrogen) atoms. The second-order valence-electron chi connectivity index (χ2n) is 4.73. The van der Waals surface area contributed by atoms with Crippen molar-refractivity contribution in [3.63, 3.8) is 0 Å². The summed E-state index contributed by atoms with van der Waals surface area (Å²) in [6, 6.07) is 3.05. The van der Waals surface area contributed by atoms with Crippen LogP contribution in [0.5, 0.6) is 0 Å². The highest BCUT2D eigenvalue weighted by Crippen LogP contribution is 2.22. The Hall–Kier alpha value is -2.42. The summed E-state index contributed by atoms with van der Waals surface area (Å²) >= 11 is 1.06. The van der Waals surface area contributed by atoms with Crippen LogP contribution in [-0.4, -0.2) is 38.9 Å². The van der Waals surface area contributed by atoms with E-state index in [1.54, 1.807) is 24.5 Å². The summed E-state index contributed by atoms with van der Waals surface area (Å²) in [4.78, 5) is 27.2. The summed E-state index contributed by atoms with van der Waals surface area (Å²) in [6.45, 7) is 3.80. The van der Waals surface area contributed by atoms with E-state index >= 15 is 0 Å². The molecule has 2 heterocycles. The number of hydrogen-bond donors (Lipinski definition) is 2. The van der Waals surface area contributed by atoms with E-state index in [-0.39, 0.29) is 17.0 Å². The number of carbonyl (C=O) groups is 2. The minimum absolute atomic E-state index is 0.00258. The third-order valence-electron chi connectivity index (χ3n) is 2.88. The quantitative estimate of drug-likeness (QED) is 0.775. The predicted molar refractivity (Wildman–Crippen MR) is 84.7 cm³/mol. The maximum Gasteiger partial charge on any atom is 0.321 e. The van der Waals surface area contributed by atoms with Crippen molar-refractivity contribution in [2.75, 3.05) is 5.75 Å². The Balaban J connectivity index is 1.81. The first-order valence-electron chi connectivity index (χ1n) is 7.05. The molecule has 0 aromatic carbocycles. The Morgan fingerprint density at radius 1 is 1.39 bits per heavy atom. The van der Waals surface area contributed by atoms with Crippen LogP contribution in [0.1, 0.15) is 20.3 Å². The average Bonchev–Trinajstić information content (AvgIpc) is 3.02. The van der Waals surface area contributed by atoms with Crippen molar-refractivity contribution < 1.29 is 14.0 Å². The zero-order valence-corrected chi connectivity index (χ0v) is 13.6. The number of nitrogens with one attached hydrogen (secondary N) is 2. The van der Waals surface area contributed by atoms with Crippen LogP contribution in [0.2, 0.25) is 0 Å². The highest BCUT2D eigenvalue weighted by molar-refractivity contribution is 7.99. The van der Waals surface area contributed by atoms with Gasteiger partial charge in [0.2, 0.25) is 11.8 Å². The van der Waals surface area contributed by atoms with E-state index in [9.17, 15) is 9.59 Å². The van der Waals surface area contributed by atoms with Crippen LogP contribution in [-0.2, 0) is 4.79 Å². The first-order valence-corrected chi connectivity index (χ1v) is 8.04. The lowest BCUT2D eigenvalue weighted by Gasteiger charge is -2.11. The lowest BCUT2D eigenvalue weighted by atomic mass is 10.3. The fourth-order valence-corrected chi connectivity index (χ4v) is 2.09. The number of amides is 3. The number of carbonyl (C=O) groups excluding carboxylic acids is 2. The Morgan fingerprint density at radius 3 is 2.91 bits per heavy atom. The van der Waals surface area contributed by atoms with Crippen molar-refractivity contribution in [1.29, 1.82) is 0 Å². The molecule has 0 aliphatic heterocycles. The lowest BCUT2D eigenvalue weighted by Crippen LogP contribution is -2.43. The molecule has 0 bridgehead atoms. The molecular weight excluding hydrogens is 318 g/mol. The first kappa shape index (κ1) is 16.9. The molecule has 8 nitrogen and oxygen atoms in total. The highest BCUT2D eigenvalue weighted by atomic mass is 32.2. The molecular formula is C14H17N5O3S. The Bertz CT molecular complexity index is 661. The standard InChI is InChI=1S/C14H17N5O3S/c1-3-9(2)16-13(21)17-11(20)8-23-14-19-18-12(22-14)10-5-4-6-15-7-10/h4-7,9H,3,8H2,1-2H3,(H2,16,17,20,21)/t9-/m1/s1. The second kappa shape index (κ2) is 8.28. The van der Waals surface area contributed by atoms with Gasteiger partial charge in [-0.1, -0.05) is 18.7 Å². The largest absolute Gasteiger partial charge is 0.411 e. The number of pyridine rings is 1. The maximum absolute atomic E-state index is 11.7. The first-order chi connectivity index (χ1) is 11.1. The van der Waals surface area contributed by atoms with Gasteiger partial charge in [-0.25, -0.2) is 4.79 Å². The molecule has 1 atom stereocenters. The monoisotopic (exact) mass is 335 g/mol. The van der Waals surface area contributed by atoms with Crippen molar-refractivity contribution in [1.82, 2.24) is 25.8 Å². The SMILES string of the molecule is CC[C@@H](C)NC(=O)NC(=O)CSc1nnc(-c2cccnc2)o1. The molecule has 0 fully saturated rings. The normalized spacial score (nSPS) is 11.7. The fraction of sp³-hybridized carbons (Fsp3) is 0.357. The third kappa shape index (κ3) is 5.37. The van der Waals surface area contributed by atoms with E-state index < -0.39 is 11.9 Å². The number of rotatable bonds is 6. The number of thioether (sulfide) groups is 1. The van der Waals surface area contributed by atoms with Crippen LogP contribution < -0.4 is 10.6 Å². The molecule has 2 rings (SSSR count). The number of aromatic nitrogens is 3. The van der Waals surface area contributed by atoms with Crippen molar-refractivity contribution in [3.05, 3.63) is 24.5 Å². The van der Waals surface area contributed by atoms with E-state index in [4.69, 9.17) is 4.42 Å². The molecule has 0 radical (unpaired) electrons. The van der Waals surface area contributed by atoms with Gasteiger partial charge >= 0.3 is 6.03 Å². The van der Waals surface area contributed by atoms with Gasteiger partial charge in [0.05, 0.1) is 11.3 Å². The number of imide groups is 1. The van der Waals surface area contributed by atoms with E-state index in [2.05, 4.69) is 25.8 Å². The number of nitrogens with zero attached hydrogens (tertiary/aromatic N) is 3. The van der Waals surface area contributed by atoms with Crippen molar-refractivity contribution in [2.45, 2.75) is 31.5 Å². The Kier molecular flexibility index (Phi) is 6.10. The maximum atomic E-state index is 11.7. The molecule has 3 amide bonds. The summed E-state index contributed by atoms with van der Waals surface area (Å²) in [6.07, 6.45) is 4.04. The molecule has 0 aliphatic rings. The Morgan fingerprint density at radius 2 is 2.22 bits per heavy atom. The van der Waals surface area contributed by atoms with Crippen LogP contribution in [0.3, 0.4) is 0 Å². The fourth-order valence-electron chi connectivity index (χ4n) is 1.53. The van der Waals surface area contributed by atoms with Gasteiger partial charge in [-0.2, -0.15) is 0 Å². The molecule has 0 spiro atoms. The molecule has 122 valence electrons. The van der Waals surface area contributed by atoms with Crippen LogP contribution in [0.15, 0.2) is 34.2 Å². The predicted octanol–water partition coefficient (Wildman–Crippen LogP) is 1.85. The summed E-state index contributed by atoms with van der Waals surface area (Å²) < 4.78 is 5.43. The van der Waals surface area contributed by atoms with Crippen LogP contribution >= 0.6 is 11.8 Å². The van der Waals surface area contributed by atoms with Crippen molar-refractivity contribution >= 4 is 23.7 Å². The smallest absolute Gasteiger partial charge is 0.321 e. The second-order valence-corrected chi connectivity index (χ2v) is 5.66. The van der Waals surface area contributed by atoms with Gasteiger partial charge in [0.15, 0.2) is 0 Å². The molecule has 0 saturated carbocycles. The molecule has 0 aliphatic carbocycles. The van der Waals surface area contributed by atoms with E-state index in [1.165, 1.54) is 0 Å². The van der Waals surface area contributed by atoms with Crippen molar-refractivity contribution in [3.8, 4) is 11.5 Å². The zero-order valence-electron chi connectivity index (χ0n) is 12.8. The number of urea groups is 1. The van der Waals surface area contributed by atoms with Crippen LogP contribution in [0.4, 0.5) is 4.79 Å². The van der Waals surface area contributed by atoms with Gasteiger partial charge in [0, 0.05) is 18.4 Å². The summed E-state index contributed by atoms with van der Waals surface area (Å²) in [5, 5.41) is 12.9. The summed E-state index contributed by atoms with van der Waals surface area (Å²) in [5.74, 6) is -0.102. The lowest BCUT2D eigenvalue weighted by molar-refractivity contribution is -0.117. The van der Waals surface area contributed by atoms with Crippen LogP contribution in [0.25, 0.3) is 11.5 Å². The highest BCUT2D eigenvalue weighted by Gasteiger charge is 2.13. The molecule has 0 saturated heterocycles. The van der Waals surface area contributed by atoms with Crippen molar-refractivity contribution in [2.24, 2.45) is 0 Å². The zero-order chi connectivity index (χ0) is 16.7. The topological polar surface area (TPSA) is 110 Å². The average molecular weight is 335 g/mol. The molecule has 2 N–H and O–H groups in total. The molecule has 2 aromatic heterocycles. The third-order valence-corrected chi connectivity index (χ3v) is 3.70. The van der Waals surface area contributed by atoms with Gasteiger partial charge in [-0.15, -0.1) is 10.2 Å². The summed E-state index contributed by atoms with van der Waals surface area (Å²) in [7, 11) is 0.